The lowest BCUT2D eigenvalue weighted by Crippen LogP contribution is -2.17. The van der Waals surface area contributed by atoms with Gasteiger partial charge in [0.1, 0.15) is 0 Å². The molecule has 0 aliphatic carbocycles. The standard InChI is InChI=1S/C17H20O3S/c1-17(2,3)13-20-21(18,19)11-10-14-8-9-15-6-4-5-7-16(15)12-14/h4-12H,13H2,1-3H3/b11-10+. The lowest BCUT2D eigenvalue weighted by atomic mass is 9.99. The summed E-state index contributed by atoms with van der Waals surface area (Å²) in [5.41, 5.74) is 0.640. The first-order chi connectivity index (χ1) is 9.75. The van der Waals surface area contributed by atoms with E-state index >= 15 is 0 Å². The third-order valence-corrected chi connectivity index (χ3v) is 3.77. The van der Waals surface area contributed by atoms with Gasteiger partial charge >= 0.3 is 0 Å². The molecule has 4 heteroatoms. The van der Waals surface area contributed by atoms with E-state index in [1.54, 1.807) is 6.08 Å². The molecular weight excluding hydrogens is 284 g/mol. The van der Waals surface area contributed by atoms with Crippen molar-refractivity contribution in [3.05, 3.63) is 53.4 Å². The monoisotopic (exact) mass is 304 g/mol. The molecule has 0 N–H and O–H groups in total. The van der Waals surface area contributed by atoms with Crippen molar-refractivity contribution in [2.75, 3.05) is 6.61 Å². The van der Waals surface area contributed by atoms with Crippen molar-refractivity contribution in [3.8, 4) is 0 Å². The minimum Gasteiger partial charge on any atom is -0.266 e. The molecule has 0 aromatic heterocycles. The van der Waals surface area contributed by atoms with Crippen LogP contribution < -0.4 is 0 Å². The van der Waals surface area contributed by atoms with E-state index in [0.717, 1.165) is 21.7 Å². The second-order valence-electron chi connectivity index (χ2n) is 6.22. The molecule has 0 saturated carbocycles. The van der Waals surface area contributed by atoms with Crippen molar-refractivity contribution in [1.29, 1.82) is 0 Å². The molecule has 2 rings (SSSR count). The second-order valence-corrected chi connectivity index (χ2v) is 7.72. The van der Waals surface area contributed by atoms with Gasteiger partial charge < -0.3 is 0 Å². The highest BCUT2D eigenvalue weighted by atomic mass is 32.2. The smallest absolute Gasteiger partial charge is 0.266 e. The van der Waals surface area contributed by atoms with Crippen LogP contribution in [-0.4, -0.2) is 15.0 Å². The topological polar surface area (TPSA) is 43.4 Å². The molecule has 2 aromatic rings. The highest BCUT2D eigenvalue weighted by Gasteiger charge is 2.15. The van der Waals surface area contributed by atoms with Crippen LogP contribution in [0.2, 0.25) is 0 Å². The SMILES string of the molecule is CC(C)(C)COS(=O)(=O)/C=C/c1ccc2ccccc2c1. The van der Waals surface area contributed by atoms with E-state index in [9.17, 15) is 8.42 Å². The molecule has 0 bridgehead atoms. The molecule has 0 aliphatic heterocycles. The fourth-order valence-electron chi connectivity index (χ4n) is 1.77. The third-order valence-electron chi connectivity index (χ3n) is 2.86. The van der Waals surface area contributed by atoms with Crippen molar-refractivity contribution in [2.45, 2.75) is 20.8 Å². The molecule has 0 amide bonds. The molecule has 21 heavy (non-hydrogen) atoms. The largest absolute Gasteiger partial charge is 0.290 e. The van der Waals surface area contributed by atoms with Gasteiger partial charge in [-0.05, 0) is 33.9 Å². The zero-order valence-corrected chi connectivity index (χ0v) is 13.4. The van der Waals surface area contributed by atoms with Crippen molar-refractivity contribution in [2.24, 2.45) is 5.41 Å². The summed E-state index contributed by atoms with van der Waals surface area (Å²) < 4.78 is 28.6. The van der Waals surface area contributed by atoms with Gasteiger partial charge in [-0.2, -0.15) is 8.42 Å². The van der Waals surface area contributed by atoms with Crippen LogP contribution in [-0.2, 0) is 14.3 Å². The van der Waals surface area contributed by atoms with Crippen molar-refractivity contribution in [1.82, 2.24) is 0 Å². The summed E-state index contributed by atoms with van der Waals surface area (Å²) in [6.07, 6.45) is 1.56. The maximum atomic E-state index is 11.8. The Morgan fingerprint density at radius 1 is 1.05 bits per heavy atom. The molecule has 0 aliphatic rings. The molecule has 112 valence electrons. The summed E-state index contributed by atoms with van der Waals surface area (Å²) in [6, 6.07) is 13.8. The van der Waals surface area contributed by atoms with Gasteiger partial charge in [-0.3, -0.25) is 4.18 Å². The van der Waals surface area contributed by atoms with Crippen molar-refractivity contribution < 1.29 is 12.6 Å². The zero-order chi connectivity index (χ0) is 15.5. The maximum Gasteiger partial charge on any atom is 0.290 e. The summed E-state index contributed by atoms with van der Waals surface area (Å²) in [7, 11) is -3.65. The van der Waals surface area contributed by atoms with Gasteiger partial charge in [0, 0.05) is 0 Å². The van der Waals surface area contributed by atoms with E-state index in [2.05, 4.69) is 0 Å². The molecule has 3 nitrogen and oxygen atoms in total. The summed E-state index contributed by atoms with van der Waals surface area (Å²) in [6.45, 7) is 5.94. The van der Waals surface area contributed by atoms with E-state index in [-0.39, 0.29) is 12.0 Å². The van der Waals surface area contributed by atoms with E-state index in [1.807, 2.05) is 63.2 Å². The summed E-state index contributed by atoms with van der Waals surface area (Å²) in [5, 5.41) is 3.32. The average molecular weight is 304 g/mol. The fourth-order valence-corrected chi connectivity index (χ4v) is 2.69. The van der Waals surface area contributed by atoms with Gasteiger partial charge in [0.05, 0.1) is 12.0 Å². The summed E-state index contributed by atoms with van der Waals surface area (Å²) >= 11 is 0. The summed E-state index contributed by atoms with van der Waals surface area (Å²) in [5.74, 6) is 0. The van der Waals surface area contributed by atoms with E-state index in [1.165, 1.54) is 0 Å². The van der Waals surface area contributed by atoms with Crippen molar-refractivity contribution >= 4 is 27.0 Å². The minimum absolute atomic E-state index is 0.164. The van der Waals surface area contributed by atoms with Crippen LogP contribution >= 0.6 is 0 Å². The zero-order valence-electron chi connectivity index (χ0n) is 12.5. The first-order valence-electron chi connectivity index (χ1n) is 6.82. The Morgan fingerprint density at radius 3 is 2.38 bits per heavy atom. The van der Waals surface area contributed by atoms with Gasteiger partial charge in [0.2, 0.25) is 0 Å². The first kappa shape index (κ1) is 15.7. The lowest BCUT2D eigenvalue weighted by molar-refractivity contribution is 0.206. The van der Waals surface area contributed by atoms with Gasteiger partial charge in [-0.25, -0.2) is 0 Å². The molecule has 0 radical (unpaired) electrons. The Morgan fingerprint density at radius 2 is 1.71 bits per heavy atom. The van der Waals surface area contributed by atoms with Crippen LogP contribution in [0.3, 0.4) is 0 Å². The number of rotatable bonds is 4. The number of hydrogen-bond donors (Lipinski definition) is 0. The molecular formula is C17H20O3S. The van der Waals surface area contributed by atoms with Crippen LogP contribution in [0.5, 0.6) is 0 Å². The predicted octanol–water partition coefficient (Wildman–Crippen LogP) is 4.20. The van der Waals surface area contributed by atoms with Gasteiger partial charge in [0.15, 0.2) is 0 Å². The maximum absolute atomic E-state index is 11.8. The molecule has 0 atom stereocenters. The van der Waals surface area contributed by atoms with Crippen LogP contribution in [0.4, 0.5) is 0 Å². The Bertz CT molecular complexity index is 753. The molecule has 0 heterocycles. The lowest BCUT2D eigenvalue weighted by Gasteiger charge is -2.16. The van der Waals surface area contributed by atoms with Crippen LogP contribution in [0, 0.1) is 5.41 Å². The highest BCUT2D eigenvalue weighted by molar-refractivity contribution is 7.89. The van der Waals surface area contributed by atoms with Crippen LogP contribution in [0.1, 0.15) is 26.3 Å². The van der Waals surface area contributed by atoms with Gasteiger partial charge in [-0.15, -0.1) is 0 Å². The molecule has 2 aromatic carbocycles. The quantitative estimate of drug-likeness (QED) is 0.795. The molecule has 0 unspecified atom stereocenters. The van der Waals surface area contributed by atoms with E-state index in [4.69, 9.17) is 4.18 Å². The molecule has 0 saturated heterocycles. The Kier molecular flexibility index (Phi) is 4.49. The second kappa shape index (κ2) is 6.00. The first-order valence-corrected chi connectivity index (χ1v) is 8.29. The van der Waals surface area contributed by atoms with Gasteiger partial charge in [-0.1, -0.05) is 57.2 Å². The summed E-state index contributed by atoms with van der Waals surface area (Å²) in [4.78, 5) is 0. The molecule has 0 spiro atoms. The third kappa shape index (κ3) is 4.99. The number of hydrogen-bond acceptors (Lipinski definition) is 3. The van der Waals surface area contributed by atoms with Gasteiger partial charge in [0.25, 0.3) is 10.1 Å². The van der Waals surface area contributed by atoms with Crippen molar-refractivity contribution in [3.63, 3.8) is 0 Å². The van der Waals surface area contributed by atoms with E-state index < -0.39 is 10.1 Å². The molecule has 0 fully saturated rings. The van der Waals surface area contributed by atoms with E-state index in [0.29, 0.717) is 0 Å². The number of benzene rings is 2. The Hall–Kier alpha value is -1.65. The Labute approximate surface area is 126 Å². The van der Waals surface area contributed by atoms with Crippen LogP contribution in [0.15, 0.2) is 47.9 Å². The Balaban J connectivity index is 2.15. The highest BCUT2D eigenvalue weighted by Crippen LogP contribution is 2.18. The van der Waals surface area contributed by atoms with Crippen LogP contribution in [0.25, 0.3) is 16.8 Å². The normalized spacial score (nSPS) is 13.1. The number of fused-ring (bicyclic) bond motifs is 1. The fraction of sp³-hybridized carbons (Fsp3) is 0.294. The minimum atomic E-state index is -3.65. The average Bonchev–Trinajstić information content (AvgIpc) is 2.42. The predicted molar refractivity (Wildman–Crippen MR) is 87.3 cm³/mol.